The van der Waals surface area contributed by atoms with Crippen molar-refractivity contribution in [1.82, 2.24) is 0 Å². The molecule has 0 aliphatic rings. The van der Waals surface area contributed by atoms with E-state index < -0.39 is 23.6 Å². The van der Waals surface area contributed by atoms with E-state index in [1.165, 1.54) is 12.1 Å². The Hall–Kier alpha value is -0.850. The van der Waals surface area contributed by atoms with Gasteiger partial charge in [0.2, 0.25) is 0 Å². The average molecular weight is 396 g/mol. The number of aliphatic hydroxyl groups excluding tert-OH is 1. The summed E-state index contributed by atoms with van der Waals surface area (Å²) in [6, 6.07) is 5.60. The monoisotopic (exact) mass is 394 g/mol. The lowest BCUT2D eigenvalue weighted by Crippen LogP contribution is -2.04. The highest BCUT2D eigenvalue weighted by Gasteiger charge is 2.18. The Labute approximate surface area is 124 Å². The predicted molar refractivity (Wildman–Crippen MR) is 72.2 cm³/mol. The standard InChI is InChI=1S/C13H7Br2F3O/c14-8-3-6(1-2-10(8)16)13(19)7-4-12(18)9(15)5-11(7)17/h1-5,13,19H. The molecule has 1 N–H and O–H groups in total. The Bertz CT molecular complexity index is 632. The molecule has 0 saturated carbocycles. The Kier molecular flexibility index (Phi) is 4.32. The smallest absolute Gasteiger partial charge is 0.137 e. The second-order valence-corrected chi connectivity index (χ2v) is 5.57. The van der Waals surface area contributed by atoms with Crippen molar-refractivity contribution in [3.63, 3.8) is 0 Å². The molecule has 0 spiro atoms. The van der Waals surface area contributed by atoms with Gasteiger partial charge < -0.3 is 5.11 Å². The molecule has 0 heterocycles. The maximum absolute atomic E-state index is 13.7. The summed E-state index contributed by atoms with van der Waals surface area (Å²) in [6.45, 7) is 0. The molecule has 1 nitrogen and oxygen atoms in total. The second-order valence-electron chi connectivity index (χ2n) is 3.86. The Morgan fingerprint density at radius 1 is 0.842 bits per heavy atom. The van der Waals surface area contributed by atoms with Crippen LogP contribution in [0.5, 0.6) is 0 Å². The van der Waals surface area contributed by atoms with Crippen molar-refractivity contribution in [2.24, 2.45) is 0 Å². The largest absolute Gasteiger partial charge is 0.384 e. The van der Waals surface area contributed by atoms with Crippen molar-refractivity contribution >= 4 is 31.9 Å². The fourth-order valence-electron chi connectivity index (χ4n) is 1.61. The van der Waals surface area contributed by atoms with Gasteiger partial charge in [-0.15, -0.1) is 0 Å². The van der Waals surface area contributed by atoms with Gasteiger partial charge in [-0.1, -0.05) is 6.07 Å². The lowest BCUT2D eigenvalue weighted by atomic mass is 10.0. The van der Waals surface area contributed by atoms with Crippen molar-refractivity contribution in [1.29, 1.82) is 0 Å². The van der Waals surface area contributed by atoms with E-state index in [1.807, 2.05) is 0 Å². The highest BCUT2D eigenvalue weighted by atomic mass is 79.9. The first kappa shape index (κ1) is 14.6. The van der Waals surface area contributed by atoms with Crippen molar-refractivity contribution in [3.8, 4) is 0 Å². The van der Waals surface area contributed by atoms with Crippen LogP contribution in [0.15, 0.2) is 39.3 Å². The molecule has 1 unspecified atom stereocenters. The van der Waals surface area contributed by atoms with Gasteiger partial charge in [0.15, 0.2) is 0 Å². The summed E-state index contributed by atoms with van der Waals surface area (Å²) in [4.78, 5) is 0. The molecule has 2 aromatic rings. The first-order valence-electron chi connectivity index (χ1n) is 5.17. The Morgan fingerprint density at radius 3 is 2.11 bits per heavy atom. The molecule has 1 atom stereocenters. The number of halogens is 5. The fraction of sp³-hybridized carbons (Fsp3) is 0.0769. The van der Waals surface area contributed by atoms with E-state index in [-0.39, 0.29) is 20.1 Å². The van der Waals surface area contributed by atoms with E-state index in [0.29, 0.717) is 0 Å². The van der Waals surface area contributed by atoms with Crippen LogP contribution in [0.3, 0.4) is 0 Å². The zero-order valence-electron chi connectivity index (χ0n) is 9.30. The van der Waals surface area contributed by atoms with E-state index in [4.69, 9.17) is 0 Å². The van der Waals surface area contributed by atoms with Gasteiger partial charge in [0.05, 0.1) is 8.95 Å². The first-order valence-corrected chi connectivity index (χ1v) is 6.76. The summed E-state index contributed by atoms with van der Waals surface area (Å²) in [5.74, 6) is -1.93. The number of benzene rings is 2. The summed E-state index contributed by atoms with van der Waals surface area (Å²) in [5.41, 5.74) is 0.0492. The summed E-state index contributed by atoms with van der Waals surface area (Å²) < 4.78 is 40.3. The summed E-state index contributed by atoms with van der Waals surface area (Å²) in [6.07, 6.45) is -1.38. The van der Waals surface area contributed by atoms with Crippen LogP contribution in [0, 0.1) is 17.5 Å². The molecule has 0 aliphatic carbocycles. The molecule has 100 valence electrons. The highest BCUT2D eigenvalue weighted by molar-refractivity contribution is 9.10. The normalized spacial score (nSPS) is 12.5. The lowest BCUT2D eigenvalue weighted by Gasteiger charge is -2.13. The molecule has 6 heteroatoms. The van der Waals surface area contributed by atoms with Gasteiger partial charge in [-0.25, -0.2) is 13.2 Å². The maximum atomic E-state index is 13.7. The third kappa shape index (κ3) is 3.01. The molecule has 19 heavy (non-hydrogen) atoms. The first-order chi connectivity index (χ1) is 8.90. The lowest BCUT2D eigenvalue weighted by molar-refractivity contribution is 0.214. The number of hydrogen-bond donors (Lipinski definition) is 1. The van der Waals surface area contributed by atoms with Crippen LogP contribution < -0.4 is 0 Å². The third-order valence-electron chi connectivity index (χ3n) is 2.59. The van der Waals surface area contributed by atoms with Crippen LogP contribution in [0.2, 0.25) is 0 Å². The molecule has 0 saturated heterocycles. The van der Waals surface area contributed by atoms with Gasteiger partial charge in [-0.2, -0.15) is 0 Å². The van der Waals surface area contributed by atoms with E-state index in [0.717, 1.165) is 18.2 Å². The minimum atomic E-state index is -1.38. The summed E-state index contributed by atoms with van der Waals surface area (Å²) >= 11 is 5.82. The van der Waals surface area contributed by atoms with Gasteiger partial charge in [0.25, 0.3) is 0 Å². The SMILES string of the molecule is OC(c1ccc(F)c(Br)c1)c1cc(F)c(Br)cc1F. The molecule has 2 aromatic carbocycles. The number of rotatable bonds is 2. The Morgan fingerprint density at radius 2 is 1.47 bits per heavy atom. The van der Waals surface area contributed by atoms with Crippen LogP contribution in [0.25, 0.3) is 0 Å². The number of aliphatic hydroxyl groups is 1. The van der Waals surface area contributed by atoms with E-state index >= 15 is 0 Å². The topological polar surface area (TPSA) is 20.2 Å². The zero-order valence-corrected chi connectivity index (χ0v) is 12.5. The third-order valence-corrected chi connectivity index (χ3v) is 3.81. The molecular weight excluding hydrogens is 389 g/mol. The highest BCUT2D eigenvalue weighted by Crippen LogP contribution is 2.30. The molecule has 0 bridgehead atoms. The van der Waals surface area contributed by atoms with Crippen molar-refractivity contribution in [2.45, 2.75) is 6.10 Å². The van der Waals surface area contributed by atoms with Crippen LogP contribution in [-0.4, -0.2) is 5.11 Å². The zero-order chi connectivity index (χ0) is 14.2. The van der Waals surface area contributed by atoms with Crippen LogP contribution in [-0.2, 0) is 0 Å². The van der Waals surface area contributed by atoms with Gasteiger partial charge in [0.1, 0.15) is 23.6 Å². The van der Waals surface area contributed by atoms with Crippen LogP contribution in [0.4, 0.5) is 13.2 Å². The van der Waals surface area contributed by atoms with Gasteiger partial charge in [-0.3, -0.25) is 0 Å². The van der Waals surface area contributed by atoms with Crippen LogP contribution in [0.1, 0.15) is 17.2 Å². The van der Waals surface area contributed by atoms with Crippen LogP contribution >= 0.6 is 31.9 Å². The minimum Gasteiger partial charge on any atom is -0.384 e. The van der Waals surface area contributed by atoms with E-state index in [9.17, 15) is 18.3 Å². The van der Waals surface area contributed by atoms with Gasteiger partial charge in [-0.05, 0) is 61.7 Å². The van der Waals surface area contributed by atoms with Gasteiger partial charge >= 0.3 is 0 Å². The molecule has 0 fully saturated rings. The van der Waals surface area contributed by atoms with E-state index in [1.54, 1.807) is 0 Å². The quantitative estimate of drug-likeness (QED) is 0.730. The van der Waals surface area contributed by atoms with Crippen molar-refractivity contribution in [3.05, 3.63) is 67.9 Å². The van der Waals surface area contributed by atoms with Crippen molar-refractivity contribution in [2.75, 3.05) is 0 Å². The van der Waals surface area contributed by atoms with Gasteiger partial charge in [0, 0.05) is 5.56 Å². The summed E-state index contributed by atoms with van der Waals surface area (Å²) in [5, 5.41) is 10.0. The molecule has 0 aliphatic heterocycles. The molecule has 0 radical (unpaired) electrons. The van der Waals surface area contributed by atoms with Crippen molar-refractivity contribution < 1.29 is 18.3 Å². The molecule has 0 aromatic heterocycles. The molecule has 0 amide bonds. The Balaban J connectivity index is 2.46. The fourth-order valence-corrected chi connectivity index (χ4v) is 2.32. The van der Waals surface area contributed by atoms with E-state index in [2.05, 4.69) is 31.9 Å². The second kappa shape index (κ2) is 5.64. The average Bonchev–Trinajstić information content (AvgIpc) is 2.36. The molecular formula is C13H7Br2F3O. The predicted octanol–water partition coefficient (Wildman–Crippen LogP) is 4.71. The summed E-state index contributed by atoms with van der Waals surface area (Å²) in [7, 11) is 0. The molecule has 2 rings (SSSR count). The minimum absolute atomic E-state index is 0.0266. The maximum Gasteiger partial charge on any atom is 0.137 e. The number of hydrogen-bond acceptors (Lipinski definition) is 1.